The van der Waals surface area contributed by atoms with E-state index in [1.165, 1.54) is 61.9 Å². The molecule has 2 fully saturated rings. The second kappa shape index (κ2) is 5.87. The number of anilines is 1. The van der Waals surface area contributed by atoms with Crippen LogP contribution in [0.4, 0.5) is 5.69 Å². The molecule has 1 aliphatic heterocycles. The minimum absolute atomic E-state index is 0.808. The minimum atomic E-state index is 0.808. The Balaban J connectivity index is 1.91. The standard InChI is InChI=1S/C17H24BrN/c1-13-8-9-17(15(11-13)12-18)19-10-4-6-14-5-2-3-7-16(14)19/h8-9,11,14,16H,2-7,10,12H2,1H3/t14-,16-/m1/s1. The molecule has 0 radical (unpaired) electrons. The van der Waals surface area contributed by atoms with Gasteiger partial charge >= 0.3 is 0 Å². The van der Waals surface area contributed by atoms with Gasteiger partial charge in [0.25, 0.3) is 0 Å². The fourth-order valence-corrected chi connectivity index (χ4v) is 4.47. The predicted molar refractivity (Wildman–Crippen MR) is 86.1 cm³/mol. The van der Waals surface area contributed by atoms with Crippen molar-refractivity contribution in [2.24, 2.45) is 5.92 Å². The smallest absolute Gasteiger partial charge is 0.0410 e. The predicted octanol–water partition coefficient (Wildman–Crippen LogP) is 5.05. The van der Waals surface area contributed by atoms with E-state index in [1.54, 1.807) is 0 Å². The molecule has 1 aliphatic carbocycles. The molecule has 1 heterocycles. The Kier molecular flexibility index (Phi) is 4.16. The van der Waals surface area contributed by atoms with Crippen LogP contribution in [0.25, 0.3) is 0 Å². The summed E-state index contributed by atoms with van der Waals surface area (Å²) in [7, 11) is 0. The lowest BCUT2D eigenvalue weighted by Crippen LogP contribution is -2.47. The van der Waals surface area contributed by atoms with Gasteiger partial charge in [-0.25, -0.2) is 0 Å². The highest BCUT2D eigenvalue weighted by molar-refractivity contribution is 9.08. The molecule has 0 unspecified atom stereocenters. The molecular weight excluding hydrogens is 298 g/mol. The van der Waals surface area contributed by atoms with Crippen molar-refractivity contribution in [3.05, 3.63) is 29.3 Å². The summed E-state index contributed by atoms with van der Waals surface area (Å²) >= 11 is 3.67. The number of hydrogen-bond donors (Lipinski definition) is 0. The fourth-order valence-electron chi connectivity index (χ4n) is 4.03. The Labute approximate surface area is 125 Å². The van der Waals surface area contributed by atoms with Crippen molar-refractivity contribution in [1.82, 2.24) is 0 Å². The maximum Gasteiger partial charge on any atom is 0.0410 e. The van der Waals surface area contributed by atoms with E-state index in [-0.39, 0.29) is 0 Å². The van der Waals surface area contributed by atoms with Gasteiger partial charge in [-0.3, -0.25) is 0 Å². The molecule has 0 bridgehead atoms. The van der Waals surface area contributed by atoms with Crippen LogP contribution in [-0.4, -0.2) is 12.6 Å². The highest BCUT2D eigenvalue weighted by Crippen LogP contribution is 2.39. The van der Waals surface area contributed by atoms with Gasteiger partial charge < -0.3 is 4.90 Å². The van der Waals surface area contributed by atoms with Crippen LogP contribution in [0.2, 0.25) is 0 Å². The van der Waals surface area contributed by atoms with Crippen LogP contribution in [-0.2, 0) is 5.33 Å². The Hall–Kier alpha value is -0.500. The van der Waals surface area contributed by atoms with Crippen molar-refractivity contribution >= 4 is 21.6 Å². The minimum Gasteiger partial charge on any atom is -0.368 e. The maximum absolute atomic E-state index is 3.67. The van der Waals surface area contributed by atoms with E-state index in [4.69, 9.17) is 0 Å². The van der Waals surface area contributed by atoms with E-state index in [0.29, 0.717) is 0 Å². The Morgan fingerprint density at radius 3 is 2.79 bits per heavy atom. The molecule has 3 rings (SSSR count). The first kappa shape index (κ1) is 13.5. The summed E-state index contributed by atoms with van der Waals surface area (Å²) in [5.41, 5.74) is 4.32. The molecule has 0 N–H and O–H groups in total. The van der Waals surface area contributed by atoms with Gasteiger partial charge in [0.05, 0.1) is 0 Å². The lowest BCUT2D eigenvalue weighted by Gasteiger charge is -2.46. The van der Waals surface area contributed by atoms with Crippen LogP contribution in [0.3, 0.4) is 0 Å². The number of aryl methyl sites for hydroxylation is 1. The van der Waals surface area contributed by atoms with E-state index in [2.05, 4.69) is 46.0 Å². The highest BCUT2D eigenvalue weighted by Gasteiger charge is 2.33. The number of fused-ring (bicyclic) bond motifs is 1. The molecule has 1 aromatic rings. The molecule has 19 heavy (non-hydrogen) atoms. The SMILES string of the molecule is Cc1ccc(N2CCC[C@H]3CCCC[C@H]32)c(CBr)c1. The molecule has 1 aromatic carbocycles. The van der Waals surface area contributed by atoms with Crippen molar-refractivity contribution in [2.75, 3.05) is 11.4 Å². The van der Waals surface area contributed by atoms with E-state index in [9.17, 15) is 0 Å². The lowest BCUT2D eigenvalue weighted by molar-refractivity contribution is 0.243. The number of rotatable bonds is 2. The van der Waals surface area contributed by atoms with Gasteiger partial charge in [-0.15, -0.1) is 0 Å². The molecule has 0 amide bonds. The molecule has 2 aliphatic rings. The van der Waals surface area contributed by atoms with Crippen molar-refractivity contribution in [1.29, 1.82) is 0 Å². The first-order chi connectivity index (χ1) is 9.29. The lowest BCUT2D eigenvalue weighted by atomic mass is 9.78. The van der Waals surface area contributed by atoms with Crippen LogP contribution in [0.5, 0.6) is 0 Å². The summed E-state index contributed by atoms with van der Waals surface area (Å²) < 4.78 is 0. The number of hydrogen-bond acceptors (Lipinski definition) is 1. The summed E-state index contributed by atoms with van der Waals surface area (Å²) in [6.07, 6.45) is 8.56. The normalized spacial score (nSPS) is 27.2. The monoisotopic (exact) mass is 321 g/mol. The van der Waals surface area contributed by atoms with Crippen molar-refractivity contribution < 1.29 is 0 Å². The third kappa shape index (κ3) is 2.69. The van der Waals surface area contributed by atoms with Crippen LogP contribution >= 0.6 is 15.9 Å². The average molecular weight is 322 g/mol. The number of piperidine rings is 1. The molecule has 1 nitrogen and oxygen atoms in total. The van der Waals surface area contributed by atoms with Crippen molar-refractivity contribution in [2.45, 2.75) is 56.8 Å². The molecular formula is C17H24BrN. The Bertz CT molecular complexity index is 441. The Morgan fingerprint density at radius 2 is 1.95 bits per heavy atom. The van der Waals surface area contributed by atoms with Gasteiger partial charge in [0.2, 0.25) is 0 Å². The molecule has 0 spiro atoms. The summed E-state index contributed by atoms with van der Waals surface area (Å²) in [6.45, 7) is 3.44. The zero-order valence-corrected chi connectivity index (χ0v) is 13.5. The van der Waals surface area contributed by atoms with Gasteiger partial charge in [0.15, 0.2) is 0 Å². The van der Waals surface area contributed by atoms with Crippen LogP contribution in [0, 0.1) is 12.8 Å². The second-order valence-corrected chi connectivity index (χ2v) is 6.77. The van der Waals surface area contributed by atoms with Crippen molar-refractivity contribution in [3.8, 4) is 0 Å². The van der Waals surface area contributed by atoms with Gasteiger partial charge in [-0.1, -0.05) is 46.5 Å². The van der Waals surface area contributed by atoms with Crippen LogP contribution in [0.15, 0.2) is 18.2 Å². The number of nitrogens with zero attached hydrogens (tertiary/aromatic N) is 1. The van der Waals surface area contributed by atoms with Gasteiger partial charge in [0.1, 0.15) is 0 Å². The quantitative estimate of drug-likeness (QED) is 0.689. The summed E-state index contributed by atoms with van der Waals surface area (Å²) in [5, 5.41) is 0.970. The van der Waals surface area contributed by atoms with Crippen molar-refractivity contribution in [3.63, 3.8) is 0 Å². The number of benzene rings is 1. The molecule has 1 saturated carbocycles. The molecule has 2 atom stereocenters. The third-order valence-electron chi connectivity index (χ3n) is 4.93. The highest BCUT2D eigenvalue weighted by atomic mass is 79.9. The van der Waals surface area contributed by atoms with E-state index in [1.807, 2.05) is 0 Å². The molecule has 2 heteroatoms. The largest absolute Gasteiger partial charge is 0.368 e. The number of alkyl halides is 1. The first-order valence-electron chi connectivity index (χ1n) is 7.71. The summed E-state index contributed by atoms with van der Waals surface area (Å²) in [5.74, 6) is 0.951. The van der Waals surface area contributed by atoms with E-state index in [0.717, 1.165) is 17.3 Å². The number of halogens is 1. The summed E-state index contributed by atoms with van der Waals surface area (Å²) in [6, 6.07) is 7.77. The Morgan fingerprint density at radius 1 is 1.16 bits per heavy atom. The molecule has 104 valence electrons. The first-order valence-corrected chi connectivity index (χ1v) is 8.84. The van der Waals surface area contributed by atoms with E-state index >= 15 is 0 Å². The van der Waals surface area contributed by atoms with Crippen LogP contribution in [0.1, 0.15) is 49.7 Å². The topological polar surface area (TPSA) is 3.24 Å². The molecule has 0 aromatic heterocycles. The average Bonchev–Trinajstić information content (AvgIpc) is 2.46. The third-order valence-corrected chi connectivity index (χ3v) is 5.54. The second-order valence-electron chi connectivity index (χ2n) is 6.21. The zero-order chi connectivity index (χ0) is 13.2. The van der Waals surface area contributed by atoms with Gasteiger partial charge in [-0.2, -0.15) is 0 Å². The zero-order valence-electron chi connectivity index (χ0n) is 11.9. The summed E-state index contributed by atoms with van der Waals surface area (Å²) in [4.78, 5) is 2.73. The van der Waals surface area contributed by atoms with Gasteiger partial charge in [0, 0.05) is 23.6 Å². The van der Waals surface area contributed by atoms with Gasteiger partial charge in [-0.05, 0) is 50.2 Å². The molecule has 1 saturated heterocycles. The van der Waals surface area contributed by atoms with Crippen LogP contribution < -0.4 is 4.90 Å². The van der Waals surface area contributed by atoms with E-state index < -0.39 is 0 Å². The maximum atomic E-state index is 3.67. The fraction of sp³-hybridized carbons (Fsp3) is 0.647.